The van der Waals surface area contributed by atoms with Gasteiger partial charge in [0, 0.05) is 42.9 Å². The topological polar surface area (TPSA) is 167 Å². The van der Waals surface area contributed by atoms with Crippen LogP contribution in [0.15, 0.2) is 72.9 Å². The third kappa shape index (κ3) is 6.59. The molecule has 5 N–H and O–H groups in total. The number of nitrogens with one attached hydrogen (secondary N) is 3. The van der Waals surface area contributed by atoms with E-state index in [2.05, 4.69) is 16.0 Å². The normalized spacial score (nSPS) is 22.5. The van der Waals surface area contributed by atoms with Gasteiger partial charge in [-0.05, 0) is 104 Å². The Balaban J connectivity index is 1.12. The van der Waals surface area contributed by atoms with Gasteiger partial charge in [-0.2, -0.15) is 0 Å². The molecule has 0 spiro atoms. The third-order valence-electron chi connectivity index (χ3n) is 11.0. The van der Waals surface area contributed by atoms with Gasteiger partial charge in [-0.3, -0.25) is 14.4 Å². The number of hydrogen-bond donors (Lipinski definition) is 5. The van der Waals surface area contributed by atoms with Crippen LogP contribution in [-0.4, -0.2) is 57.5 Å². The summed E-state index contributed by atoms with van der Waals surface area (Å²) in [4.78, 5) is 64.8. The van der Waals surface area contributed by atoms with Crippen molar-refractivity contribution in [3.05, 3.63) is 101 Å². The van der Waals surface area contributed by atoms with Gasteiger partial charge in [-0.1, -0.05) is 30.3 Å². The summed E-state index contributed by atoms with van der Waals surface area (Å²) in [6.07, 6.45) is 9.22. The Hall–Kier alpha value is -5.45. The Morgan fingerprint density at radius 1 is 0.780 bits per heavy atom. The summed E-state index contributed by atoms with van der Waals surface area (Å²) in [7, 11) is 1.88. The Bertz CT molecular complexity index is 1950. The van der Waals surface area contributed by atoms with Crippen molar-refractivity contribution in [2.75, 3.05) is 18.4 Å². The molecule has 1 aromatic heterocycles. The zero-order valence-electron chi connectivity index (χ0n) is 27.8. The van der Waals surface area contributed by atoms with E-state index >= 15 is 0 Å². The van der Waals surface area contributed by atoms with Crippen LogP contribution in [0.2, 0.25) is 0 Å². The van der Waals surface area contributed by atoms with Crippen LogP contribution in [0.3, 0.4) is 0 Å². The fourth-order valence-corrected chi connectivity index (χ4v) is 9.07. The van der Waals surface area contributed by atoms with Crippen LogP contribution in [0.25, 0.3) is 10.9 Å². The number of nitrogens with zero attached hydrogens (tertiary/aromatic N) is 1. The van der Waals surface area contributed by atoms with E-state index in [1.165, 1.54) is 31.4 Å². The van der Waals surface area contributed by atoms with Crippen molar-refractivity contribution >= 4 is 46.3 Å². The van der Waals surface area contributed by atoms with Crippen LogP contribution in [0.1, 0.15) is 91.4 Å². The summed E-state index contributed by atoms with van der Waals surface area (Å²) in [6, 6.07) is 17.4. The molecule has 1 unspecified atom stereocenters. The van der Waals surface area contributed by atoms with E-state index in [4.69, 9.17) is 0 Å². The van der Waals surface area contributed by atoms with Crippen molar-refractivity contribution in [2.24, 2.45) is 30.2 Å². The molecule has 1 atom stereocenters. The number of carboxylic acid groups (broad SMARTS) is 2. The molecule has 3 amide bonds. The number of amides is 3. The van der Waals surface area contributed by atoms with Crippen LogP contribution in [0.4, 0.5) is 5.69 Å². The second-order valence-corrected chi connectivity index (χ2v) is 14.6. The molecule has 4 saturated carbocycles. The highest BCUT2D eigenvalue weighted by atomic mass is 16.4. The lowest BCUT2D eigenvalue weighted by atomic mass is 9.49. The van der Waals surface area contributed by atoms with E-state index in [9.17, 15) is 34.2 Å². The lowest BCUT2D eigenvalue weighted by molar-refractivity contribution is -0.117. The predicted octanol–water partition coefficient (Wildman–Crippen LogP) is 5.67. The van der Waals surface area contributed by atoms with Gasteiger partial charge in [0.15, 0.2) is 0 Å². The lowest BCUT2D eigenvalue weighted by Gasteiger charge is -2.56. The molecule has 4 fully saturated rings. The van der Waals surface area contributed by atoms with Crippen molar-refractivity contribution in [3.8, 4) is 0 Å². The van der Waals surface area contributed by atoms with Crippen molar-refractivity contribution in [1.29, 1.82) is 0 Å². The van der Waals surface area contributed by atoms with E-state index in [0.717, 1.165) is 54.0 Å². The molecule has 3 aromatic carbocycles. The quantitative estimate of drug-likeness (QED) is 0.136. The highest BCUT2D eigenvalue weighted by molar-refractivity contribution is 6.10. The lowest BCUT2D eigenvalue weighted by Crippen LogP contribution is -2.51. The second kappa shape index (κ2) is 13.1. The molecule has 258 valence electrons. The minimum absolute atomic E-state index is 0.00735. The molecule has 1 heterocycles. The zero-order chi connectivity index (χ0) is 35.2. The minimum Gasteiger partial charge on any atom is -0.478 e. The van der Waals surface area contributed by atoms with Gasteiger partial charge in [-0.15, -0.1) is 0 Å². The fraction of sp³-hybridized carbons (Fsp3) is 0.359. The Kier molecular flexibility index (Phi) is 8.67. The maximum Gasteiger partial charge on any atom is 0.335 e. The molecule has 11 heteroatoms. The molecule has 0 aliphatic heterocycles. The van der Waals surface area contributed by atoms with E-state index in [1.807, 2.05) is 23.9 Å². The largest absolute Gasteiger partial charge is 0.478 e. The first-order chi connectivity index (χ1) is 24.0. The van der Waals surface area contributed by atoms with E-state index in [1.54, 1.807) is 42.5 Å². The summed E-state index contributed by atoms with van der Waals surface area (Å²) in [6.45, 7) is 0.435. The van der Waals surface area contributed by atoms with Crippen molar-refractivity contribution in [2.45, 2.75) is 44.4 Å². The highest BCUT2D eigenvalue weighted by Gasteiger charge is 2.50. The van der Waals surface area contributed by atoms with Gasteiger partial charge >= 0.3 is 11.9 Å². The number of aromatic carboxylic acids is 2. The number of fused-ring (bicyclic) bond motifs is 1. The number of aryl methyl sites for hydroxylation is 1. The second-order valence-electron chi connectivity index (χ2n) is 14.6. The molecule has 4 bridgehead atoms. The first-order valence-electron chi connectivity index (χ1n) is 17.1. The van der Waals surface area contributed by atoms with Gasteiger partial charge in [0.25, 0.3) is 11.8 Å². The molecule has 11 nitrogen and oxygen atoms in total. The molecular formula is C39H40N4O7. The van der Waals surface area contributed by atoms with Gasteiger partial charge < -0.3 is 30.7 Å². The maximum atomic E-state index is 13.9. The van der Waals surface area contributed by atoms with Crippen molar-refractivity contribution in [3.63, 3.8) is 0 Å². The number of carbonyl (C=O) groups excluding carboxylic acids is 3. The number of carboxylic acids is 2. The van der Waals surface area contributed by atoms with Gasteiger partial charge in [0.05, 0.1) is 28.2 Å². The SMILES string of the molecule is Cn1ccc2cc(C(=O)NCC(C(=O)Nc3cc(C(=O)O)cc(C(=O)O)c3)c3ccccc3)c(C(=O)NCC34CC5CC(CC(C5)C3)C4)cc21. The molecule has 0 radical (unpaired) electrons. The number of carbonyl (C=O) groups is 5. The summed E-state index contributed by atoms with van der Waals surface area (Å²) in [5.74, 6) is -2.80. The van der Waals surface area contributed by atoms with Crippen LogP contribution in [-0.2, 0) is 11.8 Å². The first kappa shape index (κ1) is 33.1. The highest BCUT2D eigenvalue weighted by Crippen LogP contribution is 2.59. The number of hydrogen-bond acceptors (Lipinski definition) is 5. The number of anilines is 1. The van der Waals surface area contributed by atoms with E-state index < -0.39 is 29.7 Å². The van der Waals surface area contributed by atoms with Crippen molar-refractivity contribution in [1.82, 2.24) is 15.2 Å². The van der Waals surface area contributed by atoms with Crippen LogP contribution < -0.4 is 16.0 Å². The smallest absolute Gasteiger partial charge is 0.335 e. The van der Waals surface area contributed by atoms with E-state index in [0.29, 0.717) is 12.1 Å². The Morgan fingerprint density at radius 3 is 1.96 bits per heavy atom. The molecule has 4 aliphatic carbocycles. The van der Waals surface area contributed by atoms with Crippen LogP contribution in [0.5, 0.6) is 0 Å². The Labute approximate surface area is 289 Å². The average molecular weight is 677 g/mol. The predicted molar refractivity (Wildman–Crippen MR) is 186 cm³/mol. The standard InChI is InChI=1S/C39H40N4O7/c1-43-8-7-26-15-30(31(16-33(26)43)35(45)41-21-39-17-22-9-23(18-39)11-24(10-22)19-39)34(44)40-20-32(25-5-3-2-4-6-25)36(46)42-29-13-27(37(47)48)12-28(14-29)38(49)50/h2-8,12-16,22-24,32H,9-11,17-21H2,1H3,(H,40,44)(H,41,45)(H,42,46)(H,47,48)(H,49,50). The summed E-state index contributed by atoms with van der Waals surface area (Å²) < 4.78 is 1.90. The van der Waals surface area contributed by atoms with Crippen LogP contribution in [0, 0.1) is 23.2 Å². The maximum absolute atomic E-state index is 13.9. The molecule has 4 aliphatic rings. The van der Waals surface area contributed by atoms with Gasteiger partial charge in [0.2, 0.25) is 5.91 Å². The van der Waals surface area contributed by atoms with Gasteiger partial charge in [0.1, 0.15) is 0 Å². The van der Waals surface area contributed by atoms with E-state index in [-0.39, 0.29) is 45.8 Å². The number of aromatic nitrogens is 1. The first-order valence-corrected chi connectivity index (χ1v) is 17.1. The molecule has 0 saturated heterocycles. The molecule has 50 heavy (non-hydrogen) atoms. The molecule has 8 rings (SSSR count). The monoisotopic (exact) mass is 676 g/mol. The third-order valence-corrected chi connectivity index (χ3v) is 11.0. The Morgan fingerprint density at radius 2 is 1.36 bits per heavy atom. The zero-order valence-corrected chi connectivity index (χ0v) is 27.8. The number of rotatable bonds is 11. The summed E-state index contributed by atoms with van der Waals surface area (Å²) in [5, 5.41) is 28.5. The minimum atomic E-state index is -1.34. The number of benzene rings is 3. The average Bonchev–Trinajstić information content (AvgIpc) is 3.45. The van der Waals surface area contributed by atoms with Gasteiger partial charge in [-0.25, -0.2) is 9.59 Å². The van der Waals surface area contributed by atoms with Crippen molar-refractivity contribution < 1.29 is 34.2 Å². The summed E-state index contributed by atoms with van der Waals surface area (Å²) >= 11 is 0. The fourth-order valence-electron chi connectivity index (χ4n) is 9.07. The summed E-state index contributed by atoms with van der Waals surface area (Å²) in [5.41, 5.74) is 1.36. The van der Waals surface area contributed by atoms with Crippen LogP contribution >= 0.6 is 0 Å². The molecule has 4 aromatic rings. The molecular weight excluding hydrogens is 636 g/mol.